The third kappa shape index (κ3) is 0.733. The first-order valence-electron chi connectivity index (χ1n) is 2.57. The van der Waals surface area contributed by atoms with E-state index < -0.39 is 0 Å². The Hall–Kier alpha value is -0.830. The Morgan fingerprint density at radius 1 is 1.56 bits per heavy atom. The number of fused-ring (bicyclic) bond motifs is 1. The maximum Gasteiger partial charge on any atom is 0.0789 e. The van der Waals surface area contributed by atoms with Crippen molar-refractivity contribution in [3.8, 4) is 0 Å². The summed E-state index contributed by atoms with van der Waals surface area (Å²) in [6, 6.07) is 0. The van der Waals surface area contributed by atoms with Crippen LogP contribution in [0.5, 0.6) is 0 Å². The third-order valence-corrected chi connectivity index (χ3v) is 1.77. The molecule has 2 aliphatic heterocycles. The van der Waals surface area contributed by atoms with Crippen molar-refractivity contribution in [3.63, 3.8) is 0 Å². The average Bonchev–Trinajstić information content (AvgIpc) is 2.33. The molecule has 0 aliphatic carbocycles. The second-order valence-electron chi connectivity index (χ2n) is 1.64. The molecule has 2 nitrogen and oxygen atoms in total. The highest BCUT2D eigenvalue weighted by Gasteiger charge is 2.12. The molecule has 0 bridgehead atoms. The van der Waals surface area contributed by atoms with E-state index in [9.17, 15) is 0 Å². The van der Waals surface area contributed by atoms with Crippen LogP contribution in [0.3, 0.4) is 0 Å². The summed E-state index contributed by atoms with van der Waals surface area (Å²) in [6.45, 7) is 0. The van der Waals surface area contributed by atoms with Crippen molar-refractivity contribution in [1.29, 1.82) is 0 Å². The van der Waals surface area contributed by atoms with E-state index in [4.69, 9.17) is 0 Å². The van der Waals surface area contributed by atoms with Crippen LogP contribution in [0.25, 0.3) is 0 Å². The Morgan fingerprint density at radius 2 is 2.56 bits per heavy atom. The summed E-state index contributed by atoms with van der Waals surface area (Å²) in [5.74, 6) is 0. The second-order valence-corrected chi connectivity index (χ2v) is 2.42. The van der Waals surface area contributed by atoms with Crippen molar-refractivity contribution in [2.45, 2.75) is 0 Å². The fraction of sp³-hybridized carbons (Fsp3) is 0. The fourth-order valence-electron chi connectivity index (χ4n) is 0.671. The Morgan fingerprint density at radius 3 is 3.44 bits per heavy atom. The molecule has 2 heterocycles. The Balaban J connectivity index is 2.33. The van der Waals surface area contributed by atoms with E-state index >= 15 is 0 Å². The summed E-state index contributed by atoms with van der Waals surface area (Å²) in [5.41, 5.74) is 1.03. The molecule has 0 aromatic heterocycles. The molecule has 0 saturated carbocycles. The molecule has 0 aromatic carbocycles. The Kier molecular flexibility index (Phi) is 1.02. The van der Waals surface area contributed by atoms with Crippen molar-refractivity contribution < 1.29 is 0 Å². The first kappa shape index (κ1) is 4.99. The fourth-order valence-corrected chi connectivity index (χ4v) is 1.26. The average molecular weight is 136 g/mol. The molecule has 2 aliphatic rings. The number of hydrogen-bond acceptors (Lipinski definition) is 3. The molecule has 2 rings (SSSR count). The SMILES string of the molecule is [C]1=CC=[C]N2SNC=C12. The summed E-state index contributed by atoms with van der Waals surface area (Å²) >= 11 is 1.49. The van der Waals surface area contributed by atoms with Gasteiger partial charge in [0.1, 0.15) is 0 Å². The van der Waals surface area contributed by atoms with Gasteiger partial charge in [0, 0.05) is 12.3 Å². The summed E-state index contributed by atoms with van der Waals surface area (Å²) in [6.07, 6.45) is 11.6. The van der Waals surface area contributed by atoms with Crippen LogP contribution in [0.2, 0.25) is 0 Å². The van der Waals surface area contributed by atoms with Crippen LogP contribution < -0.4 is 4.72 Å². The van der Waals surface area contributed by atoms with Crippen molar-refractivity contribution in [2.24, 2.45) is 0 Å². The zero-order chi connectivity index (χ0) is 6.10. The molecule has 0 amide bonds. The predicted molar refractivity (Wildman–Crippen MR) is 36.3 cm³/mol. The minimum atomic E-state index is 1.03. The normalized spacial score (nSPS) is 21.3. The predicted octanol–water partition coefficient (Wildman–Crippen LogP) is 0.986. The number of nitrogens with one attached hydrogen (secondary N) is 1. The Bertz CT molecular complexity index is 202. The van der Waals surface area contributed by atoms with E-state index in [0.717, 1.165) is 5.70 Å². The van der Waals surface area contributed by atoms with E-state index in [0.29, 0.717) is 0 Å². The number of rotatable bonds is 0. The second kappa shape index (κ2) is 1.84. The van der Waals surface area contributed by atoms with Crippen LogP contribution >= 0.6 is 12.1 Å². The van der Waals surface area contributed by atoms with Gasteiger partial charge in [-0.3, -0.25) is 4.31 Å². The smallest absolute Gasteiger partial charge is 0.0789 e. The van der Waals surface area contributed by atoms with Gasteiger partial charge in [-0.05, 0) is 12.2 Å². The number of allylic oxidation sites excluding steroid dienone is 3. The highest BCUT2D eigenvalue weighted by Crippen LogP contribution is 2.23. The van der Waals surface area contributed by atoms with Crippen molar-refractivity contribution in [1.82, 2.24) is 9.03 Å². The molecule has 0 aromatic rings. The van der Waals surface area contributed by atoms with Gasteiger partial charge in [-0.25, -0.2) is 0 Å². The zero-order valence-electron chi connectivity index (χ0n) is 4.59. The molecule has 0 saturated heterocycles. The number of hydrogen-bond donors (Lipinski definition) is 1. The van der Waals surface area contributed by atoms with Gasteiger partial charge < -0.3 is 4.72 Å². The molecule has 3 heteroatoms. The molecule has 0 fully saturated rings. The first-order valence-corrected chi connectivity index (χ1v) is 3.35. The van der Waals surface area contributed by atoms with Gasteiger partial charge in [-0.2, -0.15) is 0 Å². The van der Waals surface area contributed by atoms with Crippen LogP contribution in [0.15, 0.2) is 24.0 Å². The molecular weight excluding hydrogens is 132 g/mol. The van der Waals surface area contributed by atoms with Crippen LogP contribution in [0.4, 0.5) is 0 Å². The van der Waals surface area contributed by atoms with E-state index in [1.165, 1.54) is 12.1 Å². The number of nitrogens with zero attached hydrogens (tertiary/aromatic N) is 1. The molecule has 0 spiro atoms. The molecule has 1 N–H and O–H groups in total. The summed E-state index contributed by atoms with van der Waals surface area (Å²) < 4.78 is 4.87. The van der Waals surface area contributed by atoms with Crippen molar-refractivity contribution in [3.05, 3.63) is 36.3 Å². The van der Waals surface area contributed by atoms with Gasteiger partial charge in [0.2, 0.25) is 0 Å². The van der Waals surface area contributed by atoms with Gasteiger partial charge in [-0.15, -0.1) is 0 Å². The molecule has 0 unspecified atom stereocenters. The van der Waals surface area contributed by atoms with Crippen molar-refractivity contribution in [2.75, 3.05) is 0 Å². The van der Waals surface area contributed by atoms with Crippen molar-refractivity contribution >= 4 is 12.1 Å². The van der Waals surface area contributed by atoms with Gasteiger partial charge in [0.25, 0.3) is 0 Å². The third-order valence-electron chi connectivity index (χ3n) is 1.06. The van der Waals surface area contributed by atoms with Gasteiger partial charge in [0.05, 0.1) is 24.0 Å². The quantitative estimate of drug-likeness (QED) is 0.500. The summed E-state index contributed by atoms with van der Waals surface area (Å²) in [5, 5.41) is 0. The van der Waals surface area contributed by atoms with Crippen LogP contribution in [0.1, 0.15) is 0 Å². The largest absolute Gasteiger partial charge is 0.316 e. The first-order chi connectivity index (χ1) is 4.47. The maximum absolute atomic E-state index is 3.04. The van der Waals surface area contributed by atoms with E-state index in [2.05, 4.69) is 17.0 Å². The molecule has 0 atom stereocenters. The molecular formula is C6H4N2S. The summed E-state index contributed by atoms with van der Waals surface area (Å²) in [4.78, 5) is 0. The Labute approximate surface area is 58.2 Å². The lowest BCUT2D eigenvalue weighted by molar-refractivity contribution is 0.766. The maximum atomic E-state index is 3.04. The lowest BCUT2D eigenvalue weighted by atomic mass is 10.3. The molecule has 2 radical (unpaired) electrons. The van der Waals surface area contributed by atoms with Gasteiger partial charge >= 0.3 is 0 Å². The lowest BCUT2D eigenvalue weighted by Crippen LogP contribution is -2.04. The molecule has 44 valence electrons. The standard InChI is InChI=1S/C6H4N2S/c1-2-4-8-6(3-1)5-7-9-8/h1-2,5,7H. The van der Waals surface area contributed by atoms with Crippen LogP contribution in [-0.2, 0) is 0 Å². The van der Waals surface area contributed by atoms with Crippen LogP contribution in [-0.4, -0.2) is 4.31 Å². The van der Waals surface area contributed by atoms with Gasteiger partial charge in [0.15, 0.2) is 0 Å². The van der Waals surface area contributed by atoms with E-state index in [1.807, 2.05) is 22.7 Å². The highest BCUT2D eigenvalue weighted by molar-refractivity contribution is 7.95. The topological polar surface area (TPSA) is 15.3 Å². The summed E-state index contributed by atoms with van der Waals surface area (Å²) in [7, 11) is 0. The van der Waals surface area contributed by atoms with Gasteiger partial charge in [-0.1, -0.05) is 0 Å². The zero-order valence-corrected chi connectivity index (χ0v) is 5.40. The highest BCUT2D eigenvalue weighted by atomic mass is 32.2. The minimum absolute atomic E-state index is 1.03. The van der Waals surface area contributed by atoms with Crippen LogP contribution in [0, 0.1) is 12.3 Å². The monoisotopic (exact) mass is 136 g/mol. The van der Waals surface area contributed by atoms with E-state index in [1.54, 1.807) is 0 Å². The lowest BCUT2D eigenvalue weighted by Gasteiger charge is -2.10. The molecule has 9 heavy (non-hydrogen) atoms. The van der Waals surface area contributed by atoms with E-state index in [-0.39, 0.29) is 0 Å². The minimum Gasteiger partial charge on any atom is -0.316 e.